The maximum atomic E-state index is 5.90. The molecule has 4 heteroatoms. The van der Waals surface area contributed by atoms with E-state index in [1.165, 1.54) is 5.56 Å². The van der Waals surface area contributed by atoms with Crippen molar-refractivity contribution in [2.45, 2.75) is 29.9 Å². The lowest BCUT2D eigenvalue weighted by molar-refractivity contribution is -0.0544. The third-order valence-electron chi connectivity index (χ3n) is 3.26. The summed E-state index contributed by atoms with van der Waals surface area (Å²) >= 11 is 3.56. The molecule has 0 amide bonds. The summed E-state index contributed by atoms with van der Waals surface area (Å²) in [5.41, 5.74) is 1.26. The van der Waals surface area contributed by atoms with Crippen molar-refractivity contribution in [2.24, 2.45) is 0 Å². The smallest absolute Gasteiger partial charge is 0.127 e. The van der Waals surface area contributed by atoms with Gasteiger partial charge in [-0.3, -0.25) is 0 Å². The minimum atomic E-state index is 0.151. The minimum Gasteiger partial charge on any atom is -0.488 e. The molecule has 2 rings (SSSR count). The predicted molar refractivity (Wildman–Crippen MR) is 74.6 cm³/mol. The second-order valence-corrected chi connectivity index (χ2v) is 5.67. The monoisotopic (exact) mass is 314 g/mol. The zero-order valence-corrected chi connectivity index (χ0v) is 12.4. The van der Waals surface area contributed by atoms with Gasteiger partial charge in [0, 0.05) is 25.5 Å². The van der Waals surface area contributed by atoms with Crippen molar-refractivity contribution in [3.63, 3.8) is 0 Å². The molecule has 1 aromatic carbocycles. The van der Waals surface area contributed by atoms with Gasteiger partial charge in [0.05, 0.1) is 6.61 Å². The van der Waals surface area contributed by atoms with Crippen LogP contribution in [0.1, 0.15) is 12.0 Å². The molecule has 3 unspecified atom stereocenters. The molecular formula is C14H19BrO3. The van der Waals surface area contributed by atoms with Crippen LogP contribution < -0.4 is 4.74 Å². The van der Waals surface area contributed by atoms with E-state index in [1.54, 1.807) is 14.2 Å². The molecule has 1 aromatic rings. The van der Waals surface area contributed by atoms with Crippen LogP contribution in [0.25, 0.3) is 0 Å². The second-order valence-electron chi connectivity index (χ2n) is 4.50. The van der Waals surface area contributed by atoms with E-state index in [0.717, 1.165) is 25.2 Å². The highest BCUT2D eigenvalue weighted by Gasteiger charge is 2.41. The summed E-state index contributed by atoms with van der Waals surface area (Å²) in [7, 11) is 3.44. The Hall–Kier alpha value is -0.580. The second kappa shape index (κ2) is 6.55. The van der Waals surface area contributed by atoms with E-state index in [2.05, 4.69) is 28.1 Å². The fourth-order valence-corrected chi connectivity index (χ4v) is 3.00. The Bertz CT molecular complexity index is 366. The predicted octanol–water partition coefficient (Wildman–Crippen LogP) is 2.81. The highest BCUT2D eigenvalue weighted by Crippen LogP contribution is 2.33. The number of benzene rings is 1. The van der Waals surface area contributed by atoms with Gasteiger partial charge in [0.1, 0.15) is 18.0 Å². The zero-order valence-electron chi connectivity index (χ0n) is 10.8. The van der Waals surface area contributed by atoms with E-state index in [0.29, 0.717) is 4.83 Å². The van der Waals surface area contributed by atoms with Gasteiger partial charge in [-0.25, -0.2) is 0 Å². The standard InChI is InChI=1S/C14H19BrO3/c1-16-8-7-10-3-5-11(6-4-10)18-13-9-12(15)14(13)17-2/h3-6,12-14H,7-9H2,1-2H3. The van der Waals surface area contributed by atoms with Gasteiger partial charge >= 0.3 is 0 Å². The molecule has 0 aliphatic heterocycles. The first-order valence-electron chi connectivity index (χ1n) is 6.16. The van der Waals surface area contributed by atoms with Crippen LogP contribution in [-0.4, -0.2) is 37.9 Å². The molecule has 0 radical (unpaired) electrons. The summed E-state index contributed by atoms with van der Waals surface area (Å²) < 4.78 is 16.3. The lowest BCUT2D eigenvalue weighted by Crippen LogP contribution is -2.51. The third-order valence-corrected chi connectivity index (χ3v) is 4.15. The summed E-state index contributed by atoms with van der Waals surface area (Å²) in [4.78, 5) is 0.411. The largest absolute Gasteiger partial charge is 0.488 e. The van der Waals surface area contributed by atoms with Gasteiger partial charge in [-0.15, -0.1) is 0 Å². The van der Waals surface area contributed by atoms with Crippen molar-refractivity contribution in [3.05, 3.63) is 29.8 Å². The Morgan fingerprint density at radius 1 is 1.22 bits per heavy atom. The number of hydrogen-bond donors (Lipinski definition) is 0. The van der Waals surface area contributed by atoms with E-state index in [9.17, 15) is 0 Å². The average molecular weight is 315 g/mol. The van der Waals surface area contributed by atoms with Gasteiger partial charge in [-0.05, 0) is 24.1 Å². The summed E-state index contributed by atoms with van der Waals surface area (Å²) in [5.74, 6) is 0.905. The Morgan fingerprint density at radius 2 is 1.94 bits per heavy atom. The number of alkyl halides is 1. The van der Waals surface area contributed by atoms with E-state index >= 15 is 0 Å². The number of ether oxygens (including phenoxy) is 3. The molecular weight excluding hydrogens is 296 g/mol. The Labute approximate surface area is 117 Å². The lowest BCUT2D eigenvalue weighted by atomic mass is 9.91. The maximum Gasteiger partial charge on any atom is 0.127 e. The summed E-state index contributed by atoms with van der Waals surface area (Å²) in [6.45, 7) is 0.750. The molecule has 0 heterocycles. The molecule has 100 valence electrons. The number of rotatable bonds is 6. The van der Waals surface area contributed by atoms with Crippen LogP contribution >= 0.6 is 15.9 Å². The van der Waals surface area contributed by atoms with Crippen LogP contribution in [-0.2, 0) is 15.9 Å². The topological polar surface area (TPSA) is 27.7 Å². The van der Waals surface area contributed by atoms with E-state index in [4.69, 9.17) is 14.2 Å². The first-order chi connectivity index (χ1) is 8.74. The molecule has 0 spiro atoms. The van der Waals surface area contributed by atoms with Crippen molar-refractivity contribution in [2.75, 3.05) is 20.8 Å². The van der Waals surface area contributed by atoms with Crippen LogP contribution in [0.4, 0.5) is 0 Å². The highest BCUT2D eigenvalue weighted by molar-refractivity contribution is 9.09. The summed E-state index contributed by atoms with van der Waals surface area (Å²) in [6.07, 6.45) is 2.23. The Balaban J connectivity index is 1.86. The normalized spacial score (nSPS) is 26.7. The van der Waals surface area contributed by atoms with Crippen molar-refractivity contribution in [1.82, 2.24) is 0 Å². The van der Waals surface area contributed by atoms with Crippen molar-refractivity contribution < 1.29 is 14.2 Å². The molecule has 3 atom stereocenters. The Kier molecular flexibility index (Phi) is 5.03. The molecule has 1 saturated carbocycles. The van der Waals surface area contributed by atoms with Gasteiger partial charge in [0.2, 0.25) is 0 Å². The molecule has 1 fully saturated rings. The quantitative estimate of drug-likeness (QED) is 0.756. The maximum absolute atomic E-state index is 5.90. The van der Waals surface area contributed by atoms with E-state index < -0.39 is 0 Å². The highest BCUT2D eigenvalue weighted by atomic mass is 79.9. The number of hydrogen-bond acceptors (Lipinski definition) is 3. The molecule has 3 nitrogen and oxygen atoms in total. The zero-order chi connectivity index (χ0) is 13.0. The molecule has 1 aliphatic carbocycles. The molecule has 0 bridgehead atoms. The first kappa shape index (κ1) is 13.8. The summed E-state index contributed by atoms with van der Waals surface area (Å²) in [6, 6.07) is 8.19. The fraction of sp³-hybridized carbons (Fsp3) is 0.571. The third kappa shape index (κ3) is 3.25. The van der Waals surface area contributed by atoms with Gasteiger partial charge in [0.25, 0.3) is 0 Å². The van der Waals surface area contributed by atoms with Crippen LogP contribution in [0.5, 0.6) is 5.75 Å². The fourth-order valence-electron chi connectivity index (χ4n) is 2.07. The molecule has 18 heavy (non-hydrogen) atoms. The number of halogens is 1. The molecule has 1 aliphatic rings. The van der Waals surface area contributed by atoms with Crippen LogP contribution in [0.3, 0.4) is 0 Å². The van der Waals surface area contributed by atoms with Crippen LogP contribution in [0.15, 0.2) is 24.3 Å². The van der Waals surface area contributed by atoms with Gasteiger partial charge in [-0.1, -0.05) is 28.1 Å². The summed E-state index contributed by atoms with van der Waals surface area (Å²) in [5, 5.41) is 0. The Morgan fingerprint density at radius 3 is 2.50 bits per heavy atom. The van der Waals surface area contributed by atoms with Gasteiger partial charge in [0.15, 0.2) is 0 Å². The van der Waals surface area contributed by atoms with Crippen molar-refractivity contribution in [1.29, 1.82) is 0 Å². The molecule has 0 aromatic heterocycles. The first-order valence-corrected chi connectivity index (χ1v) is 7.07. The van der Waals surface area contributed by atoms with Gasteiger partial charge in [-0.2, -0.15) is 0 Å². The average Bonchev–Trinajstić information content (AvgIpc) is 2.37. The molecule has 0 saturated heterocycles. The minimum absolute atomic E-state index is 0.151. The van der Waals surface area contributed by atoms with Crippen molar-refractivity contribution in [3.8, 4) is 5.75 Å². The van der Waals surface area contributed by atoms with Crippen LogP contribution in [0.2, 0.25) is 0 Å². The van der Waals surface area contributed by atoms with Crippen molar-refractivity contribution >= 4 is 15.9 Å². The lowest BCUT2D eigenvalue weighted by Gasteiger charge is -2.40. The SMILES string of the molecule is COCCc1ccc(OC2CC(Br)C2OC)cc1. The molecule has 0 N–H and O–H groups in total. The van der Waals surface area contributed by atoms with Gasteiger partial charge < -0.3 is 14.2 Å². The number of methoxy groups -OCH3 is 2. The van der Waals surface area contributed by atoms with Crippen LogP contribution in [0, 0.1) is 0 Å². The van der Waals surface area contributed by atoms with E-state index in [1.807, 2.05) is 12.1 Å². The van der Waals surface area contributed by atoms with E-state index in [-0.39, 0.29) is 12.2 Å².